The molecular formula is C16H21N3O2S. The molecule has 0 amide bonds. The number of nitrogens with two attached hydrogens (primary N) is 1. The summed E-state index contributed by atoms with van der Waals surface area (Å²) in [5.74, 6) is 4.44. The lowest BCUT2D eigenvalue weighted by Gasteiger charge is -2.23. The van der Waals surface area contributed by atoms with E-state index < -0.39 is 0 Å². The van der Waals surface area contributed by atoms with Crippen LogP contribution in [0.5, 0.6) is 11.5 Å². The third-order valence-corrected chi connectivity index (χ3v) is 5.06. The third kappa shape index (κ3) is 3.02. The molecule has 1 unspecified atom stereocenters. The summed E-state index contributed by atoms with van der Waals surface area (Å²) in [4.78, 5) is 0. The molecule has 3 rings (SSSR count). The zero-order valence-corrected chi connectivity index (χ0v) is 13.7. The minimum Gasteiger partial charge on any atom is -0.493 e. The smallest absolute Gasteiger partial charge is 0.161 e. The number of rotatable bonds is 4. The van der Waals surface area contributed by atoms with Crippen molar-refractivity contribution in [3.05, 3.63) is 24.4 Å². The number of anilines is 1. The average Bonchev–Trinajstić information content (AvgIpc) is 2.88. The summed E-state index contributed by atoms with van der Waals surface area (Å²) >= 11 is 1.95. The molecule has 2 N–H and O–H groups in total. The van der Waals surface area contributed by atoms with Crippen molar-refractivity contribution in [3.8, 4) is 22.6 Å². The lowest BCUT2D eigenvalue weighted by Crippen LogP contribution is -2.23. The highest BCUT2D eigenvalue weighted by Gasteiger charge is 2.18. The fraction of sp³-hybridized carbons (Fsp3) is 0.438. The molecule has 0 bridgehead atoms. The fourth-order valence-corrected chi connectivity index (χ4v) is 3.62. The van der Waals surface area contributed by atoms with Gasteiger partial charge in [-0.2, -0.15) is 16.9 Å². The van der Waals surface area contributed by atoms with Gasteiger partial charge in [-0.1, -0.05) is 6.07 Å². The van der Waals surface area contributed by atoms with Gasteiger partial charge in [0.05, 0.1) is 13.3 Å². The van der Waals surface area contributed by atoms with E-state index >= 15 is 0 Å². The Hall–Kier alpha value is -1.82. The summed E-state index contributed by atoms with van der Waals surface area (Å²) in [7, 11) is 3.49. The van der Waals surface area contributed by atoms with E-state index in [-0.39, 0.29) is 6.10 Å². The van der Waals surface area contributed by atoms with Crippen LogP contribution in [0.2, 0.25) is 0 Å². The Morgan fingerprint density at radius 1 is 1.36 bits per heavy atom. The summed E-state index contributed by atoms with van der Waals surface area (Å²) < 4.78 is 13.3. The first-order chi connectivity index (χ1) is 10.7. The summed E-state index contributed by atoms with van der Waals surface area (Å²) in [6.07, 6.45) is 4.35. The van der Waals surface area contributed by atoms with Crippen LogP contribution in [-0.2, 0) is 7.05 Å². The molecule has 22 heavy (non-hydrogen) atoms. The molecule has 2 aromatic rings. The molecule has 1 atom stereocenters. The van der Waals surface area contributed by atoms with Crippen LogP contribution < -0.4 is 15.2 Å². The van der Waals surface area contributed by atoms with Crippen molar-refractivity contribution >= 4 is 17.6 Å². The van der Waals surface area contributed by atoms with Crippen molar-refractivity contribution < 1.29 is 9.47 Å². The van der Waals surface area contributed by atoms with Crippen molar-refractivity contribution in [2.24, 2.45) is 7.05 Å². The highest BCUT2D eigenvalue weighted by Crippen LogP contribution is 2.36. The van der Waals surface area contributed by atoms with E-state index in [4.69, 9.17) is 15.2 Å². The van der Waals surface area contributed by atoms with Crippen molar-refractivity contribution in [1.29, 1.82) is 0 Å². The van der Waals surface area contributed by atoms with Crippen LogP contribution in [0.4, 0.5) is 5.82 Å². The molecular weight excluding hydrogens is 298 g/mol. The van der Waals surface area contributed by atoms with Crippen LogP contribution >= 0.6 is 11.8 Å². The first kappa shape index (κ1) is 15.1. The van der Waals surface area contributed by atoms with Crippen LogP contribution in [0.25, 0.3) is 11.1 Å². The summed E-state index contributed by atoms with van der Waals surface area (Å²) in [5, 5.41) is 4.18. The lowest BCUT2D eigenvalue weighted by molar-refractivity contribution is 0.202. The maximum Gasteiger partial charge on any atom is 0.161 e. The molecule has 1 aliphatic rings. The number of hydrogen-bond acceptors (Lipinski definition) is 5. The Labute approximate surface area is 134 Å². The SMILES string of the molecule is COc1cc(-c2cnn(C)c2N)ccc1OC1CCCSC1. The van der Waals surface area contributed by atoms with Gasteiger partial charge >= 0.3 is 0 Å². The zero-order valence-electron chi connectivity index (χ0n) is 12.9. The largest absolute Gasteiger partial charge is 0.493 e. The van der Waals surface area contributed by atoms with E-state index in [0.29, 0.717) is 5.82 Å². The Kier molecular flexibility index (Phi) is 4.47. The van der Waals surface area contributed by atoms with Crippen molar-refractivity contribution in [3.63, 3.8) is 0 Å². The number of methoxy groups -OCH3 is 1. The molecule has 2 heterocycles. The predicted molar refractivity (Wildman–Crippen MR) is 90.6 cm³/mol. The molecule has 1 aromatic heterocycles. The lowest BCUT2D eigenvalue weighted by atomic mass is 10.1. The van der Waals surface area contributed by atoms with Gasteiger partial charge in [-0.25, -0.2) is 0 Å². The third-order valence-electron chi connectivity index (χ3n) is 3.87. The van der Waals surface area contributed by atoms with Crippen LogP contribution in [-0.4, -0.2) is 34.5 Å². The van der Waals surface area contributed by atoms with Crippen molar-refractivity contribution in [2.45, 2.75) is 18.9 Å². The molecule has 5 nitrogen and oxygen atoms in total. The number of ether oxygens (including phenoxy) is 2. The quantitative estimate of drug-likeness (QED) is 0.939. The molecule has 0 radical (unpaired) electrons. The van der Waals surface area contributed by atoms with Gasteiger partial charge in [0.1, 0.15) is 11.9 Å². The first-order valence-corrected chi connectivity index (χ1v) is 8.55. The Morgan fingerprint density at radius 3 is 2.86 bits per heavy atom. The van der Waals surface area contributed by atoms with Gasteiger partial charge in [0.2, 0.25) is 0 Å². The number of benzene rings is 1. The second kappa shape index (κ2) is 6.52. The second-order valence-electron chi connectivity index (χ2n) is 5.39. The number of aromatic nitrogens is 2. The van der Waals surface area contributed by atoms with Gasteiger partial charge in [-0.3, -0.25) is 4.68 Å². The minimum atomic E-state index is 0.266. The number of thioether (sulfide) groups is 1. The zero-order chi connectivity index (χ0) is 15.5. The molecule has 118 valence electrons. The molecule has 0 spiro atoms. The van der Waals surface area contributed by atoms with Crippen molar-refractivity contribution in [2.75, 3.05) is 24.3 Å². The Balaban J connectivity index is 1.85. The van der Waals surface area contributed by atoms with E-state index in [1.807, 2.05) is 37.0 Å². The molecule has 1 aliphatic heterocycles. The van der Waals surface area contributed by atoms with E-state index in [1.54, 1.807) is 18.0 Å². The van der Waals surface area contributed by atoms with E-state index in [1.165, 1.54) is 12.2 Å². The van der Waals surface area contributed by atoms with E-state index in [0.717, 1.165) is 34.8 Å². The Morgan fingerprint density at radius 2 is 2.23 bits per heavy atom. The van der Waals surface area contributed by atoms with Gasteiger partial charge in [-0.15, -0.1) is 0 Å². The predicted octanol–water partition coefficient (Wildman–Crippen LogP) is 2.95. The minimum absolute atomic E-state index is 0.266. The monoisotopic (exact) mass is 319 g/mol. The molecule has 1 aromatic carbocycles. The fourth-order valence-electron chi connectivity index (χ4n) is 2.59. The summed E-state index contributed by atoms with van der Waals surface area (Å²) in [6, 6.07) is 5.92. The topological polar surface area (TPSA) is 62.3 Å². The number of aryl methyl sites for hydroxylation is 1. The molecule has 0 aliphatic carbocycles. The molecule has 6 heteroatoms. The number of hydrogen-bond donors (Lipinski definition) is 1. The molecule has 0 saturated carbocycles. The van der Waals surface area contributed by atoms with Crippen LogP contribution in [0.1, 0.15) is 12.8 Å². The normalized spacial score (nSPS) is 18.2. The summed E-state index contributed by atoms with van der Waals surface area (Å²) in [5.41, 5.74) is 7.92. The van der Waals surface area contributed by atoms with Crippen LogP contribution in [0, 0.1) is 0 Å². The van der Waals surface area contributed by atoms with E-state index in [2.05, 4.69) is 5.10 Å². The van der Waals surface area contributed by atoms with Gasteiger partial charge in [0, 0.05) is 18.4 Å². The highest BCUT2D eigenvalue weighted by atomic mass is 32.2. The average molecular weight is 319 g/mol. The van der Waals surface area contributed by atoms with Gasteiger partial charge in [0.25, 0.3) is 0 Å². The summed E-state index contributed by atoms with van der Waals surface area (Å²) in [6.45, 7) is 0. The van der Waals surface area contributed by atoms with Gasteiger partial charge in [0.15, 0.2) is 11.5 Å². The van der Waals surface area contributed by atoms with Crippen molar-refractivity contribution in [1.82, 2.24) is 9.78 Å². The second-order valence-corrected chi connectivity index (χ2v) is 6.54. The van der Waals surface area contributed by atoms with Gasteiger partial charge in [-0.05, 0) is 36.3 Å². The number of nitrogens with zero attached hydrogens (tertiary/aromatic N) is 2. The Bertz CT molecular complexity index is 651. The first-order valence-electron chi connectivity index (χ1n) is 7.39. The molecule has 1 saturated heterocycles. The van der Waals surface area contributed by atoms with Crippen LogP contribution in [0.3, 0.4) is 0 Å². The number of nitrogen functional groups attached to an aromatic ring is 1. The maximum atomic E-state index is 6.11. The van der Waals surface area contributed by atoms with Gasteiger partial charge < -0.3 is 15.2 Å². The van der Waals surface area contributed by atoms with E-state index in [9.17, 15) is 0 Å². The maximum absolute atomic E-state index is 6.11. The van der Waals surface area contributed by atoms with Crippen LogP contribution in [0.15, 0.2) is 24.4 Å². The highest BCUT2D eigenvalue weighted by molar-refractivity contribution is 7.99. The standard InChI is InChI=1S/C16H21N3O2S/c1-19-16(17)13(9-18-19)11-5-6-14(15(8-11)20-2)21-12-4-3-7-22-10-12/h5-6,8-9,12H,3-4,7,10,17H2,1-2H3. The molecule has 1 fully saturated rings.